The lowest BCUT2D eigenvalue weighted by Crippen LogP contribution is -2.15. The number of thiocarbonyl (C=S) groups is 1. The summed E-state index contributed by atoms with van der Waals surface area (Å²) in [4.78, 5) is 8.87. The summed E-state index contributed by atoms with van der Waals surface area (Å²) in [5.74, 6) is -2.07. The van der Waals surface area contributed by atoms with Crippen molar-refractivity contribution in [1.82, 2.24) is 0 Å². The van der Waals surface area contributed by atoms with Crippen LogP contribution in [0.2, 0.25) is 0 Å². The minimum Gasteiger partial charge on any atom is -0.251 e. The highest BCUT2D eigenvalue weighted by Gasteiger charge is 2.42. The fourth-order valence-electron chi connectivity index (χ4n) is 0.567. The maximum atomic E-state index is 13.7. The van der Waals surface area contributed by atoms with Gasteiger partial charge in [0.15, 0.2) is 0 Å². The fraction of sp³-hybridized carbons (Fsp3) is 0.857. The third-order valence-corrected chi connectivity index (χ3v) is 4.33. The van der Waals surface area contributed by atoms with Crippen molar-refractivity contribution in [2.75, 3.05) is 19.5 Å². The average molecular weight is 292 g/mol. The highest BCUT2D eigenvalue weighted by Crippen LogP contribution is 2.55. The van der Waals surface area contributed by atoms with Gasteiger partial charge in [-0.3, -0.25) is 4.57 Å². The Kier molecular flexibility index (Phi) is 8.75. The molecule has 0 amide bonds. The zero-order chi connectivity index (χ0) is 12.6. The quantitative estimate of drug-likeness (QED) is 0.295. The zero-order valence-corrected chi connectivity index (χ0v) is 11.7. The van der Waals surface area contributed by atoms with Crippen LogP contribution in [0.3, 0.4) is 0 Å². The van der Waals surface area contributed by atoms with Crippen LogP contribution in [0.1, 0.15) is 13.8 Å². The van der Waals surface area contributed by atoms with Crippen molar-refractivity contribution < 1.29 is 28.1 Å². The maximum Gasteiger partial charge on any atom is 0.423 e. The Labute approximate surface area is 103 Å². The molecule has 5 nitrogen and oxygen atoms in total. The van der Waals surface area contributed by atoms with Gasteiger partial charge in [0, 0.05) is 0 Å². The van der Waals surface area contributed by atoms with Crippen LogP contribution in [0.25, 0.3) is 0 Å². The molecule has 0 fully saturated rings. The van der Waals surface area contributed by atoms with Crippen molar-refractivity contribution in [3.63, 3.8) is 0 Å². The SMILES string of the molecule is CCOOP(=O)(OOCC)C(F)C(=S)SC. The molecule has 0 N–H and O–H groups in total. The first-order valence-corrected chi connectivity index (χ1v) is 7.70. The van der Waals surface area contributed by atoms with Gasteiger partial charge in [-0.1, -0.05) is 12.2 Å². The average Bonchev–Trinajstić information content (AvgIpc) is 2.31. The smallest absolute Gasteiger partial charge is 0.251 e. The van der Waals surface area contributed by atoms with E-state index in [1.807, 2.05) is 0 Å². The first-order valence-electron chi connectivity index (χ1n) is 4.45. The minimum absolute atomic E-state index is 0.0955. The number of hydrogen-bond acceptors (Lipinski definition) is 7. The lowest BCUT2D eigenvalue weighted by molar-refractivity contribution is -0.265. The van der Waals surface area contributed by atoms with E-state index in [0.717, 1.165) is 11.8 Å². The molecule has 0 rings (SSSR count). The summed E-state index contributed by atoms with van der Waals surface area (Å²) in [5.41, 5.74) is 0. The predicted molar refractivity (Wildman–Crippen MR) is 64.0 cm³/mol. The van der Waals surface area contributed by atoms with E-state index in [9.17, 15) is 8.96 Å². The summed E-state index contributed by atoms with van der Waals surface area (Å²) in [6.07, 6.45) is 1.56. The predicted octanol–water partition coefficient (Wildman–Crippen LogP) is 3.10. The molecule has 0 bridgehead atoms. The van der Waals surface area contributed by atoms with Gasteiger partial charge in [-0.25, -0.2) is 14.2 Å². The van der Waals surface area contributed by atoms with Crippen LogP contribution in [0.4, 0.5) is 4.39 Å². The molecule has 0 aromatic heterocycles. The molecule has 0 radical (unpaired) electrons. The number of hydrogen-bond donors (Lipinski definition) is 0. The molecule has 1 unspecified atom stereocenters. The number of rotatable bonds is 8. The van der Waals surface area contributed by atoms with Crippen LogP contribution in [0, 0.1) is 0 Å². The maximum absolute atomic E-state index is 13.7. The van der Waals surface area contributed by atoms with E-state index in [4.69, 9.17) is 0 Å². The van der Waals surface area contributed by atoms with Crippen LogP contribution < -0.4 is 0 Å². The number of thioether (sulfide) groups is 1. The van der Waals surface area contributed by atoms with Crippen molar-refractivity contribution in [2.24, 2.45) is 0 Å². The van der Waals surface area contributed by atoms with Crippen LogP contribution >= 0.6 is 31.6 Å². The van der Waals surface area contributed by atoms with Crippen molar-refractivity contribution in [3.8, 4) is 0 Å². The van der Waals surface area contributed by atoms with E-state index in [2.05, 4.69) is 31.3 Å². The van der Waals surface area contributed by atoms with Gasteiger partial charge in [0.25, 0.3) is 0 Å². The Morgan fingerprint density at radius 3 is 2.12 bits per heavy atom. The van der Waals surface area contributed by atoms with Crippen molar-refractivity contribution >= 4 is 35.8 Å². The van der Waals surface area contributed by atoms with E-state index >= 15 is 0 Å². The standard InChI is InChI=1S/C7H14FO5PS2/c1-4-10-12-14(9,13-11-5-2)6(8)7(15)16-3/h6H,4-5H2,1-3H3. The largest absolute Gasteiger partial charge is 0.423 e. The van der Waals surface area contributed by atoms with Gasteiger partial charge in [0.05, 0.1) is 17.4 Å². The Balaban J connectivity index is 4.62. The van der Waals surface area contributed by atoms with Crippen LogP contribution in [0.15, 0.2) is 0 Å². The Hall–Kier alpha value is 0.440. The first-order chi connectivity index (χ1) is 7.51. The van der Waals surface area contributed by atoms with Crippen molar-refractivity contribution in [1.29, 1.82) is 0 Å². The van der Waals surface area contributed by atoms with Gasteiger partial charge in [-0.05, 0) is 20.1 Å². The normalized spacial score (nSPS) is 13.8. The molecule has 9 heteroatoms. The van der Waals surface area contributed by atoms with Crippen LogP contribution in [-0.2, 0) is 23.7 Å². The molecule has 96 valence electrons. The second-order valence-electron chi connectivity index (χ2n) is 2.36. The first kappa shape index (κ1) is 16.4. The van der Waals surface area contributed by atoms with Gasteiger partial charge in [-0.2, -0.15) is 0 Å². The number of alkyl halides is 1. The summed E-state index contributed by atoms with van der Waals surface area (Å²) in [6.45, 7) is 3.37. The molecule has 0 aliphatic rings. The molecule has 0 heterocycles. The van der Waals surface area contributed by atoms with Gasteiger partial charge < -0.3 is 0 Å². The van der Waals surface area contributed by atoms with Crippen molar-refractivity contribution in [2.45, 2.75) is 19.8 Å². The third kappa shape index (κ3) is 5.18. The Morgan fingerprint density at radius 1 is 1.38 bits per heavy atom. The molecule has 0 aromatic carbocycles. The lowest BCUT2D eigenvalue weighted by atomic mass is 10.9. The molecule has 0 saturated carbocycles. The van der Waals surface area contributed by atoms with Crippen LogP contribution in [-0.4, -0.2) is 29.6 Å². The fourth-order valence-corrected chi connectivity index (χ4v) is 2.79. The van der Waals surface area contributed by atoms with E-state index < -0.39 is 13.5 Å². The summed E-state index contributed by atoms with van der Waals surface area (Å²) in [7, 11) is -4.19. The summed E-state index contributed by atoms with van der Waals surface area (Å²) in [6, 6.07) is 0. The third-order valence-electron chi connectivity index (χ3n) is 1.22. The molecule has 16 heavy (non-hydrogen) atoms. The zero-order valence-electron chi connectivity index (χ0n) is 9.17. The minimum atomic E-state index is -4.19. The van der Waals surface area contributed by atoms with Crippen LogP contribution in [0.5, 0.6) is 0 Å². The summed E-state index contributed by atoms with van der Waals surface area (Å²) in [5, 5.41) is 0. The van der Waals surface area contributed by atoms with Gasteiger partial charge in [-0.15, -0.1) is 21.1 Å². The molecular weight excluding hydrogens is 278 g/mol. The van der Waals surface area contributed by atoms with Crippen molar-refractivity contribution in [3.05, 3.63) is 0 Å². The van der Waals surface area contributed by atoms with E-state index in [1.165, 1.54) is 0 Å². The Morgan fingerprint density at radius 2 is 1.81 bits per heavy atom. The lowest BCUT2D eigenvalue weighted by Gasteiger charge is -2.18. The second-order valence-corrected chi connectivity index (χ2v) is 5.74. The molecule has 1 atom stereocenters. The summed E-state index contributed by atoms with van der Waals surface area (Å²) < 4.78 is 34.2. The summed E-state index contributed by atoms with van der Waals surface area (Å²) >= 11 is 5.61. The van der Waals surface area contributed by atoms with Gasteiger partial charge >= 0.3 is 7.60 Å². The molecule has 0 spiro atoms. The molecule has 0 aliphatic carbocycles. The van der Waals surface area contributed by atoms with E-state index in [1.54, 1.807) is 20.1 Å². The number of halogens is 1. The monoisotopic (exact) mass is 292 g/mol. The molecule has 0 saturated heterocycles. The van der Waals surface area contributed by atoms with E-state index in [-0.39, 0.29) is 17.4 Å². The second kappa shape index (κ2) is 8.52. The van der Waals surface area contributed by atoms with E-state index in [0.29, 0.717) is 0 Å². The molecular formula is C7H14FO5PS2. The van der Waals surface area contributed by atoms with Gasteiger partial charge in [0.1, 0.15) is 0 Å². The molecule has 0 aromatic rings. The topological polar surface area (TPSA) is 54.0 Å². The van der Waals surface area contributed by atoms with Gasteiger partial charge in [0.2, 0.25) is 5.91 Å². The highest BCUT2D eigenvalue weighted by atomic mass is 32.2. The Bertz CT molecular complexity index is 253. The highest BCUT2D eigenvalue weighted by molar-refractivity contribution is 8.23. The molecule has 0 aliphatic heterocycles.